The van der Waals surface area contributed by atoms with Gasteiger partial charge in [-0.2, -0.15) is 0 Å². The van der Waals surface area contributed by atoms with E-state index in [0.717, 1.165) is 41.8 Å². The van der Waals surface area contributed by atoms with Crippen LogP contribution in [0, 0.1) is 13.8 Å². The average molecular weight is 456 g/mol. The Bertz CT molecular complexity index is 1040. The van der Waals surface area contributed by atoms with Crippen LogP contribution >= 0.6 is 22.7 Å². The molecule has 0 bridgehead atoms. The van der Waals surface area contributed by atoms with Gasteiger partial charge in [-0.15, -0.1) is 22.7 Å². The third kappa shape index (κ3) is 4.70. The van der Waals surface area contributed by atoms with Crippen LogP contribution < -0.4 is 10.1 Å². The summed E-state index contributed by atoms with van der Waals surface area (Å²) in [6, 6.07) is 12.2. The summed E-state index contributed by atoms with van der Waals surface area (Å²) in [7, 11) is 3.88. The first-order valence-electron chi connectivity index (χ1n) is 10.5. The van der Waals surface area contributed by atoms with Crippen LogP contribution in [0.25, 0.3) is 0 Å². The van der Waals surface area contributed by atoms with E-state index in [1.165, 1.54) is 32.9 Å². The van der Waals surface area contributed by atoms with Crippen molar-refractivity contribution in [3.8, 4) is 5.75 Å². The van der Waals surface area contributed by atoms with E-state index in [2.05, 4.69) is 54.2 Å². The van der Waals surface area contributed by atoms with Crippen LogP contribution in [0.5, 0.6) is 5.75 Å². The minimum Gasteiger partial charge on any atom is -0.497 e. The van der Waals surface area contributed by atoms with Crippen molar-refractivity contribution in [3.63, 3.8) is 0 Å². The number of aryl methyl sites for hydroxylation is 1. The Morgan fingerprint density at radius 1 is 1.13 bits per heavy atom. The number of piperazine rings is 1. The Hall–Kier alpha value is -2.19. The maximum absolute atomic E-state index is 12.9. The molecule has 7 heteroatoms. The molecule has 0 spiro atoms. The maximum Gasteiger partial charge on any atom is 0.266 e. The van der Waals surface area contributed by atoms with Crippen molar-refractivity contribution in [2.24, 2.45) is 0 Å². The first-order chi connectivity index (χ1) is 15.0. The molecule has 0 saturated carbocycles. The molecular formula is C24H29N3O2S2. The number of rotatable bonds is 6. The second-order valence-corrected chi connectivity index (χ2v) is 10.1. The lowest BCUT2D eigenvalue weighted by Crippen LogP contribution is -2.46. The van der Waals surface area contributed by atoms with E-state index in [1.807, 2.05) is 23.6 Å². The normalized spacial score (nSPS) is 16.3. The van der Waals surface area contributed by atoms with E-state index < -0.39 is 0 Å². The second kappa shape index (κ2) is 9.53. The van der Waals surface area contributed by atoms with Gasteiger partial charge in [-0.3, -0.25) is 9.69 Å². The number of likely N-dealkylation sites (N-methyl/N-ethyl adjacent to an activating group) is 1. The lowest BCUT2D eigenvalue weighted by atomic mass is 9.94. The van der Waals surface area contributed by atoms with Gasteiger partial charge in [0.1, 0.15) is 10.8 Å². The highest BCUT2D eigenvalue weighted by atomic mass is 32.1. The standard InChI is InChI=1S/C24H29N3O2S2/c1-16-17(2)31-24(25-23(28)20-9-6-14-30-20)21(16)22(27-12-10-26(3)11-13-27)18-7-5-8-19(15-18)29-4/h5-9,14-15,22H,10-13H2,1-4H3,(H,25,28). The molecule has 3 aromatic rings. The molecule has 0 aliphatic carbocycles. The van der Waals surface area contributed by atoms with E-state index in [0.29, 0.717) is 0 Å². The molecule has 1 aliphatic rings. The highest BCUT2D eigenvalue weighted by Crippen LogP contribution is 2.43. The van der Waals surface area contributed by atoms with Gasteiger partial charge < -0.3 is 15.0 Å². The molecule has 1 fully saturated rings. The Morgan fingerprint density at radius 3 is 2.58 bits per heavy atom. The van der Waals surface area contributed by atoms with Crippen LogP contribution in [0.15, 0.2) is 41.8 Å². The quantitative estimate of drug-likeness (QED) is 0.567. The number of benzene rings is 1. The number of hydrogen-bond acceptors (Lipinski definition) is 6. The van der Waals surface area contributed by atoms with Gasteiger partial charge in [-0.25, -0.2) is 0 Å². The molecule has 1 amide bonds. The highest BCUT2D eigenvalue weighted by molar-refractivity contribution is 7.17. The number of nitrogens with one attached hydrogen (secondary N) is 1. The molecule has 2 aromatic heterocycles. The Labute approximate surface area is 192 Å². The minimum atomic E-state index is -0.0414. The summed E-state index contributed by atoms with van der Waals surface area (Å²) in [6.45, 7) is 8.32. The van der Waals surface area contributed by atoms with Crippen LogP contribution in [-0.2, 0) is 0 Å². The number of anilines is 1. The summed E-state index contributed by atoms with van der Waals surface area (Å²) in [5, 5.41) is 6.10. The summed E-state index contributed by atoms with van der Waals surface area (Å²) in [5.74, 6) is 0.811. The SMILES string of the molecule is COc1cccc(C(c2c(NC(=O)c3cccs3)sc(C)c2C)N2CCN(C)CC2)c1. The van der Waals surface area contributed by atoms with E-state index in [-0.39, 0.29) is 11.9 Å². The van der Waals surface area contributed by atoms with E-state index in [9.17, 15) is 4.79 Å². The molecule has 1 aromatic carbocycles. The predicted octanol–water partition coefficient (Wildman–Crippen LogP) is 5.02. The fraction of sp³-hybridized carbons (Fsp3) is 0.375. The van der Waals surface area contributed by atoms with Gasteiger partial charge in [0.05, 0.1) is 18.0 Å². The third-order valence-electron chi connectivity index (χ3n) is 5.99. The third-order valence-corrected chi connectivity index (χ3v) is 8.00. The summed E-state index contributed by atoms with van der Waals surface area (Å²) < 4.78 is 5.53. The molecule has 1 atom stereocenters. The van der Waals surface area contributed by atoms with Crippen LogP contribution in [0.3, 0.4) is 0 Å². The number of hydrogen-bond donors (Lipinski definition) is 1. The highest BCUT2D eigenvalue weighted by Gasteiger charge is 2.31. The first kappa shape index (κ1) is 22.0. The molecule has 31 heavy (non-hydrogen) atoms. The topological polar surface area (TPSA) is 44.8 Å². The van der Waals surface area contributed by atoms with Crippen molar-refractivity contribution in [1.29, 1.82) is 0 Å². The number of carbonyl (C=O) groups is 1. The molecular weight excluding hydrogens is 426 g/mol. The molecule has 1 unspecified atom stereocenters. The predicted molar refractivity (Wildman–Crippen MR) is 130 cm³/mol. The van der Waals surface area contributed by atoms with Gasteiger partial charge in [0.15, 0.2) is 0 Å². The van der Waals surface area contributed by atoms with Crippen molar-refractivity contribution in [1.82, 2.24) is 9.80 Å². The van der Waals surface area contributed by atoms with E-state index in [1.54, 1.807) is 18.4 Å². The van der Waals surface area contributed by atoms with Gasteiger partial charge in [-0.1, -0.05) is 18.2 Å². The van der Waals surface area contributed by atoms with Crippen molar-refractivity contribution >= 4 is 33.6 Å². The first-order valence-corrected chi connectivity index (χ1v) is 12.2. The molecule has 1 saturated heterocycles. The lowest BCUT2D eigenvalue weighted by molar-refractivity contribution is 0.103. The van der Waals surface area contributed by atoms with E-state index >= 15 is 0 Å². The van der Waals surface area contributed by atoms with Crippen LogP contribution in [0.2, 0.25) is 0 Å². The van der Waals surface area contributed by atoms with Crippen LogP contribution in [0.4, 0.5) is 5.00 Å². The molecule has 0 radical (unpaired) electrons. The second-order valence-electron chi connectivity index (χ2n) is 7.98. The summed E-state index contributed by atoms with van der Waals surface area (Å²) in [5.41, 5.74) is 3.64. The average Bonchev–Trinajstić information content (AvgIpc) is 3.40. The summed E-state index contributed by atoms with van der Waals surface area (Å²) in [6.07, 6.45) is 0. The fourth-order valence-corrected chi connectivity index (χ4v) is 5.80. The summed E-state index contributed by atoms with van der Waals surface area (Å²) in [4.78, 5) is 19.8. The van der Waals surface area contributed by atoms with Gasteiger partial charge in [0.25, 0.3) is 5.91 Å². The Balaban J connectivity index is 1.78. The fourth-order valence-electron chi connectivity index (χ4n) is 4.09. The van der Waals surface area contributed by atoms with Gasteiger partial charge in [-0.05, 0) is 55.6 Å². The zero-order valence-electron chi connectivity index (χ0n) is 18.5. The van der Waals surface area contributed by atoms with Gasteiger partial charge >= 0.3 is 0 Å². The Kier molecular flexibility index (Phi) is 6.77. The van der Waals surface area contributed by atoms with Crippen molar-refractivity contribution in [2.75, 3.05) is 45.7 Å². The van der Waals surface area contributed by atoms with Gasteiger partial charge in [0, 0.05) is 36.6 Å². The number of carbonyl (C=O) groups excluding carboxylic acids is 1. The van der Waals surface area contributed by atoms with E-state index in [4.69, 9.17) is 4.74 Å². The molecule has 3 heterocycles. The molecule has 5 nitrogen and oxygen atoms in total. The smallest absolute Gasteiger partial charge is 0.266 e. The number of ether oxygens (including phenoxy) is 1. The number of nitrogens with zero attached hydrogens (tertiary/aromatic N) is 2. The van der Waals surface area contributed by atoms with Crippen LogP contribution in [0.1, 0.15) is 37.3 Å². The van der Waals surface area contributed by atoms with Crippen molar-refractivity contribution in [3.05, 3.63) is 68.2 Å². The number of thiophene rings is 2. The molecule has 1 N–H and O–H groups in total. The number of methoxy groups -OCH3 is 1. The van der Waals surface area contributed by atoms with Crippen LogP contribution in [-0.4, -0.2) is 56.0 Å². The molecule has 4 rings (SSSR count). The zero-order valence-corrected chi connectivity index (χ0v) is 20.1. The molecule has 164 valence electrons. The Morgan fingerprint density at radius 2 is 1.90 bits per heavy atom. The van der Waals surface area contributed by atoms with Crippen molar-refractivity contribution in [2.45, 2.75) is 19.9 Å². The maximum atomic E-state index is 12.9. The summed E-state index contributed by atoms with van der Waals surface area (Å²) >= 11 is 3.13. The van der Waals surface area contributed by atoms with Crippen molar-refractivity contribution < 1.29 is 9.53 Å². The monoisotopic (exact) mass is 455 g/mol. The zero-order chi connectivity index (χ0) is 22.0. The van der Waals surface area contributed by atoms with Gasteiger partial charge in [0.2, 0.25) is 0 Å². The number of amides is 1. The largest absolute Gasteiger partial charge is 0.497 e. The molecule has 1 aliphatic heterocycles. The minimum absolute atomic E-state index is 0.0414. The lowest BCUT2D eigenvalue weighted by Gasteiger charge is -2.39.